The summed E-state index contributed by atoms with van der Waals surface area (Å²) in [6.07, 6.45) is 5.76. The molecular weight excluding hydrogens is 302 g/mol. The Labute approximate surface area is 141 Å². The van der Waals surface area contributed by atoms with Crippen LogP contribution in [0.2, 0.25) is 0 Å². The zero-order valence-electron chi connectivity index (χ0n) is 13.7. The third kappa shape index (κ3) is 3.93. The average molecular weight is 323 g/mol. The zero-order valence-corrected chi connectivity index (χ0v) is 13.7. The summed E-state index contributed by atoms with van der Waals surface area (Å²) < 4.78 is 7.17. The number of methoxy groups -OCH3 is 1. The van der Waals surface area contributed by atoms with E-state index in [1.165, 1.54) is 0 Å². The lowest BCUT2D eigenvalue weighted by Crippen LogP contribution is -2.26. The quantitative estimate of drug-likeness (QED) is 0.727. The van der Waals surface area contributed by atoms with Crippen LogP contribution in [0, 0.1) is 0 Å². The van der Waals surface area contributed by atoms with Crippen LogP contribution in [0.25, 0.3) is 5.52 Å². The van der Waals surface area contributed by atoms with Crippen molar-refractivity contribution in [1.82, 2.24) is 14.7 Å². The van der Waals surface area contributed by atoms with Crippen LogP contribution >= 0.6 is 0 Å². The van der Waals surface area contributed by atoms with Gasteiger partial charge in [-0.25, -0.2) is 4.98 Å². The van der Waals surface area contributed by atoms with E-state index in [0.717, 1.165) is 29.1 Å². The maximum Gasteiger partial charge on any atom is 0.220 e. The van der Waals surface area contributed by atoms with E-state index in [4.69, 9.17) is 4.74 Å². The van der Waals surface area contributed by atoms with E-state index < -0.39 is 0 Å². The molecule has 24 heavy (non-hydrogen) atoms. The molecule has 3 rings (SSSR count). The maximum atomic E-state index is 12.0. The Morgan fingerprint density at radius 1 is 1.17 bits per heavy atom. The number of amides is 1. The standard InChI is InChI=1S/C19H21N3O2/c1-24-17-8-5-15(6-9-17)7-10-19(23)20-12-11-18-21-14-16-4-2-3-13-22(16)18/h2-6,8-9,13-14H,7,10-12H2,1H3,(H,20,23). The fraction of sp³-hybridized carbons (Fsp3) is 0.263. The van der Waals surface area contributed by atoms with Gasteiger partial charge >= 0.3 is 0 Å². The summed E-state index contributed by atoms with van der Waals surface area (Å²) in [6.45, 7) is 0.593. The molecule has 124 valence electrons. The first kappa shape index (κ1) is 16.1. The summed E-state index contributed by atoms with van der Waals surface area (Å²) in [7, 11) is 1.64. The molecule has 0 atom stereocenters. The maximum absolute atomic E-state index is 12.0. The lowest BCUT2D eigenvalue weighted by molar-refractivity contribution is -0.121. The highest BCUT2D eigenvalue weighted by Gasteiger charge is 2.05. The van der Waals surface area contributed by atoms with E-state index >= 15 is 0 Å². The molecule has 0 fully saturated rings. The summed E-state index contributed by atoms with van der Waals surface area (Å²) in [4.78, 5) is 16.4. The third-order valence-electron chi connectivity index (χ3n) is 3.99. The average Bonchev–Trinajstić information content (AvgIpc) is 3.04. The largest absolute Gasteiger partial charge is 0.497 e. The van der Waals surface area contributed by atoms with Gasteiger partial charge in [-0.15, -0.1) is 0 Å². The van der Waals surface area contributed by atoms with Crippen LogP contribution in [-0.4, -0.2) is 28.9 Å². The highest BCUT2D eigenvalue weighted by molar-refractivity contribution is 5.76. The molecule has 0 saturated carbocycles. The second-order valence-electron chi connectivity index (χ2n) is 5.62. The van der Waals surface area contributed by atoms with Crippen molar-refractivity contribution in [3.63, 3.8) is 0 Å². The molecule has 0 bridgehead atoms. The lowest BCUT2D eigenvalue weighted by atomic mass is 10.1. The number of aromatic nitrogens is 2. The van der Waals surface area contributed by atoms with Crippen molar-refractivity contribution in [2.45, 2.75) is 19.3 Å². The molecule has 0 unspecified atom stereocenters. The Balaban J connectivity index is 1.44. The molecule has 1 amide bonds. The molecule has 5 heteroatoms. The Bertz CT molecular complexity index is 809. The first-order chi connectivity index (χ1) is 11.8. The summed E-state index contributed by atoms with van der Waals surface area (Å²) in [6, 6.07) is 13.8. The number of ether oxygens (including phenoxy) is 1. The summed E-state index contributed by atoms with van der Waals surface area (Å²) in [5.74, 6) is 1.85. The number of fused-ring (bicyclic) bond motifs is 1. The molecule has 1 N–H and O–H groups in total. The van der Waals surface area contributed by atoms with Crippen LogP contribution in [0.15, 0.2) is 54.9 Å². The van der Waals surface area contributed by atoms with Crippen molar-refractivity contribution in [2.24, 2.45) is 0 Å². The number of imidazole rings is 1. The van der Waals surface area contributed by atoms with E-state index in [2.05, 4.69) is 10.3 Å². The number of carbonyl (C=O) groups excluding carboxylic acids is 1. The molecule has 5 nitrogen and oxygen atoms in total. The van der Waals surface area contributed by atoms with Gasteiger partial charge in [0.2, 0.25) is 5.91 Å². The molecule has 0 radical (unpaired) electrons. The van der Waals surface area contributed by atoms with Gasteiger partial charge in [-0.1, -0.05) is 18.2 Å². The van der Waals surface area contributed by atoms with Crippen LogP contribution in [0.4, 0.5) is 0 Å². The topological polar surface area (TPSA) is 55.6 Å². The monoisotopic (exact) mass is 323 g/mol. The summed E-state index contributed by atoms with van der Waals surface area (Å²) in [5.41, 5.74) is 2.20. The Morgan fingerprint density at radius 3 is 2.79 bits per heavy atom. The minimum atomic E-state index is 0.0617. The molecule has 1 aromatic carbocycles. The number of rotatable bonds is 7. The summed E-state index contributed by atoms with van der Waals surface area (Å²) in [5, 5.41) is 2.96. The van der Waals surface area contributed by atoms with Gasteiger partial charge in [-0.3, -0.25) is 4.79 Å². The Kier molecular flexibility index (Phi) is 5.11. The molecular formula is C19H21N3O2. The number of aryl methyl sites for hydroxylation is 1. The van der Waals surface area contributed by atoms with Crippen LogP contribution in [0.3, 0.4) is 0 Å². The number of hydrogen-bond donors (Lipinski definition) is 1. The van der Waals surface area contributed by atoms with Crippen molar-refractivity contribution in [3.8, 4) is 5.75 Å². The van der Waals surface area contributed by atoms with Gasteiger partial charge in [0.15, 0.2) is 0 Å². The van der Waals surface area contributed by atoms with Crippen molar-refractivity contribution >= 4 is 11.4 Å². The molecule has 0 aliphatic carbocycles. The number of nitrogens with zero attached hydrogens (tertiary/aromatic N) is 2. The van der Waals surface area contributed by atoms with Crippen LogP contribution in [-0.2, 0) is 17.6 Å². The second kappa shape index (κ2) is 7.64. The van der Waals surface area contributed by atoms with Gasteiger partial charge < -0.3 is 14.5 Å². The van der Waals surface area contributed by atoms with Gasteiger partial charge in [0.05, 0.1) is 18.8 Å². The SMILES string of the molecule is COc1ccc(CCC(=O)NCCc2ncc3ccccn23)cc1. The number of hydrogen-bond acceptors (Lipinski definition) is 3. The Morgan fingerprint density at radius 2 is 2.00 bits per heavy atom. The minimum absolute atomic E-state index is 0.0617. The second-order valence-corrected chi connectivity index (χ2v) is 5.62. The van der Waals surface area contributed by atoms with E-state index in [1.807, 2.05) is 59.3 Å². The van der Waals surface area contributed by atoms with Crippen LogP contribution in [0.5, 0.6) is 5.75 Å². The third-order valence-corrected chi connectivity index (χ3v) is 3.99. The van der Waals surface area contributed by atoms with Gasteiger partial charge in [0, 0.05) is 25.6 Å². The number of pyridine rings is 1. The fourth-order valence-corrected chi connectivity index (χ4v) is 2.64. The number of benzene rings is 1. The molecule has 2 aromatic heterocycles. The molecule has 0 saturated heterocycles. The van der Waals surface area contributed by atoms with Crippen molar-refractivity contribution in [3.05, 3.63) is 66.2 Å². The van der Waals surface area contributed by atoms with Crippen molar-refractivity contribution in [2.75, 3.05) is 13.7 Å². The molecule has 0 aliphatic rings. The first-order valence-electron chi connectivity index (χ1n) is 8.07. The van der Waals surface area contributed by atoms with Crippen molar-refractivity contribution in [1.29, 1.82) is 0 Å². The zero-order chi connectivity index (χ0) is 16.8. The highest BCUT2D eigenvalue weighted by atomic mass is 16.5. The van der Waals surface area contributed by atoms with Gasteiger partial charge in [-0.05, 0) is 36.2 Å². The van der Waals surface area contributed by atoms with E-state index in [-0.39, 0.29) is 5.91 Å². The minimum Gasteiger partial charge on any atom is -0.497 e. The normalized spacial score (nSPS) is 10.7. The smallest absolute Gasteiger partial charge is 0.220 e. The van der Waals surface area contributed by atoms with E-state index in [1.54, 1.807) is 7.11 Å². The predicted molar refractivity (Wildman–Crippen MR) is 93.2 cm³/mol. The van der Waals surface area contributed by atoms with Gasteiger partial charge in [0.25, 0.3) is 0 Å². The fourth-order valence-electron chi connectivity index (χ4n) is 2.64. The summed E-state index contributed by atoms with van der Waals surface area (Å²) >= 11 is 0. The molecule has 2 heterocycles. The lowest BCUT2D eigenvalue weighted by Gasteiger charge is -2.06. The van der Waals surface area contributed by atoms with Crippen LogP contribution < -0.4 is 10.1 Å². The van der Waals surface area contributed by atoms with Crippen LogP contribution in [0.1, 0.15) is 17.8 Å². The van der Waals surface area contributed by atoms with E-state index in [9.17, 15) is 4.79 Å². The van der Waals surface area contributed by atoms with Gasteiger partial charge in [0.1, 0.15) is 11.6 Å². The molecule has 3 aromatic rings. The van der Waals surface area contributed by atoms with Gasteiger partial charge in [-0.2, -0.15) is 0 Å². The molecule has 0 aliphatic heterocycles. The number of nitrogens with one attached hydrogen (secondary N) is 1. The van der Waals surface area contributed by atoms with Crippen molar-refractivity contribution < 1.29 is 9.53 Å². The van der Waals surface area contributed by atoms with E-state index in [0.29, 0.717) is 19.4 Å². The first-order valence-corrected chi connectivity index (χ1v) is 8.07. The molecule has 0 spiro atoms. The highest BCUT2D eigenvalue weighted by Crippen LogP contribution is 2.12. The Hall–Kier alpha value is -2.82. The number of carbonyl (C=O) groups is 1. The predicted octanol–water partition coefficient (Wildman–Crippen LogP) is 2.63.